The minimum Gasteiger partial charge on any atom is -0.497 e. The van der Waals surface area contributed by atoms with Crippen molar-refractivity contribution in [1.82, 2.24) is 4.90 Å². The molecule has 1 aliphatic heterocycles. The summed E-state index contributed by atoms with van der Waals surface area (Å²) in [5.74, 6) is 1.30. The smallest absolute Gasteiger partial charge is 0.226 e. The van der Waals surface area contributed by atoms with Gasteiger partial charge in [-0.15, -0.1) is 0 Å². The third-order valence-electron chi connectivity index (χ3n) is 6.61. The number of benzene rings is 2. The molecule has 3 nitrogen and oxygen atoms in total. The number of amides is 1. The van der Waals surface area contributed by atoms with E-state index in [-0.39, 0.29) is 5.92 Å². The number of ether oxygens (including phenoxy) is 1. The second-order valence-electron chi connectivity index (χ2n) is 8.51. The van der Waals surface area contributed by atoms with Gasteiger partial charge in [0.15, 0.2) is 0 Å². The number of halogens is 1. The zero-order valence-electron chi connectivity index (χ0n) is 17.4. The first-order valence-corrected chi connectivity index (χ1v) is 11.2. The van der Waals surface area contributed by atoms with E-state index in [1.54, 1.807) is 7.11 Å². The number of hydrogen-bond donors (Lipinski definition) is 0. The summed E-state index contributed by atoms with van der Waals surface area (Å²) in [7, 11) is 1.68. The van der Waals surface area contributed by atoms with Crippen LogP contribution >= 0.6 is 11.6 Å². The van der Waals surface area contributed by atoms with Crippen LogP contribution in [0.5, 0.6) is 5.75 Å². The van der Waals surface area contributed by atoms with E-state index in [4.69, 9.17) is 16.3 Å². The molecule has 2 aromatic rings. The normalized spacial score (nSPS) is 20.3. The summed E-state index contributed by atoms with van der Waals surface area (Å²) in [5.41, 5.74) is 4.42. The van der Waals surface area contributed by atoms with E-state index < -0.39 is 0 Å². The molecule has 1 unspecified atom stereocenters. The number of likely N-dealkylation sites (tertiary alicyclic amines) is 1. The second kappa shape index (κ2) is 8.79. The molecular weight excluding hydrogens is 382 g/mol. The maximum atomic E-state index is 13.0. The van der Waals surface area contributed by atoms with E-state index in [1.807, 2.05) is 18.2 Å². The van der Waals surface area contributed by atoms with Gasteiger partial charge in [0.2, 0.25) is 5.91 Å². The van der Waals surface area contributed by atoms with Gasteiger partial charge in [0.05, 0.1) is 7.11 Å². The average molecular weight is 412 g/mol. The zero-order valence-corrected chi connectivity index (χ0v) is 18.2. The maximum absolute atomic E-state index is 13.0. The molecule has 1 saturated heterocycles. The largest absolute Gasteiger partial charge is 0.497 e. The monoisotopic (exact) mass is 411 g/mol. The van der Waals surface area contributed by atoms with Crippen LogP contribution in [0.4, 0.5) is 0 Å². The van der Waals surface area contributed by atoms with Crippen molar-refractivity contribution >= 4 is 17.5 Å². The first-order valence-electron chi connectivity index (χ1n) is 10.8. The van der Waals surface area contributed by atoms with Gasteiger partial charge in [-0.3, -0.25) is 4.79 Å². The van der Waals surface area contributed by atoms with Crippen LogP contribution in [0, 0.1) is 12.8 Å². The highest BCUT2D eigenvalue weighted by atomic mass is 35.5. The molecule has 0 radical (unpaired) electrons. The minimum atomic E-state index is 0.0987. The highest BCUT2D eigenvalue weighted by molar-refractivity contribution is 6.33. The van der Waals surface area contributed by atoms with Crippen molar-refractivity contribution < 1.29 is 9.53 Å². The van der Waals surface area contributed by atoms with Crippen molar-refractivity contribution in [3.63, 3.8) is 0 Å². The molecule has 154 valence electrons. The van der Waals surface area contributed by atoms with Crippen LogP contribution in [-0.2, 0) is 11.2 Å². The van der Waals surface area contributed by atoms with Crippen LogP contribution in [-0.4, -0.2) is 30.5 Å². The van der Waals surface area contributed by atoms with E-state index in [1.165, 1.54) is 32.1 Å². The van der Waals surface area contributed by atoms with Crippen molar-refractivity contribution in [2.24, 2.45) is 5.92 Å². The Bertz CT molecular complexity index is 888. The van der Waals surface area contributed by atoms with Gasteiger partial charge in [0.1, 0.15) is 5.75 Å². The van der Waals surface area contributed by atoms with Crippen molar-refractivity contribution in [1.29, 1.82) is 0 Å². The molecule has 1 heterocycles. The van der Waals surface area contributed by atoms with Crippen molar-refractivity contribution in [2.75, 3.05) is 13.7 Å². The Balaban J connectivity index is 1.47. The van der Waals surface area contributed by atoms with Crippen LogP contribution in [0.2, 0.25) is 5.02 Å². The molecule has 2 aromatic carbocycles. The molecule has 4 heteroatoms. The van der Waals surface area contributed by atoms with E-state index in [9.17, 15) is 4.79 Å². The molecule has 2 aliphatic rings. The molecule has 0 N–H and O–H groups in total. The van der Waals surface area contributed by atoms with Gasteiger partial charge in [-0.05, 0) is 67.5 Å². The predicted molar refractivity (Wildman–Crippen MR) is 119 cm³/mol. The fourth-order valence-electron chi connectivity index (χ4n) is 4.96. The molecule has 0 aromatic heterocycles. The first kappa shape index (κ1) is 20.3. The first-order chi connectivity index (χ1) is 14.1. The van der Waals surface area contributed by atoms with Crippen LogP contribution in [0.15, 0.2) is 36.4 Å². The average Bonchev–Trinajstić information content (AvgIpc) is 3.09. The Morgan fingerprint density at radius 3 is 2.48 bits per heavy atom. The third kappa shape index (κ3) is 4.30. The number of aryl methyl sites for hydroxylation is 1. The van der Waals surface area contributed by atoms with Gasteiger partial charge < -0.3 is 9.64 Å². The number of nitrogens with zero attached hydrogens (tertiary/aromatic N) is 1. The fraction of sp³-hybridized carbons (Fsp3) is 0.480. The molecule has 1 atom stereocenters. The maximum Gasteiger partial charge on any atom is 0.226 e. The molecule has 1 amide bonds. The zero-order chi connectivity index (χ0) is 20.4. The van der Waals surface area contributed by atoms with Gasteiger partial charge in [-0.1, -0.05) is 49.1 Å². The van der Waals surface area contributed by atoms with Gasteiger partial charge in [0.25, 0.3) is 0 Å². The number of hydrogen-bond acceptors (Lipinski definition) is 2. The number of carbonyl (C=O) groups is 1. The molecule has 1 aliphatic carbocycles. The molecule has 0 bridgehead atoms. The summed E-state index contributed by atoms with van der Waals surface area (Å²) in [6.45, 7) is 2.99. The minimum absolute atomic E-state index is 0.0987. The lowest BCUT2D eigenvalue weighted by Gasteiger charge is -2.31. The van der Waals surface area contributed by atoms with Crippen LogP contribution in [0.3, 0.4) is 0 Å². The SMILES string of the molecule is COc1ccc(-c2ccc(CC3CCN(C4CCCCC4)C3=O)cc2Cl)c(C)c1. The Kier molecular flexibility index (Phi) is 6.15. The third-order valence-corrected chi connectivity index (χ3v) is 6.92. The van der Waals surface area contributed by atoms with E-state index in [2.05, 4.69) is 30.0 Å². The van der Waals surface area contributed by atoms with Gasteiger partial charge in [-0.25, -0.2) is 0 Å². The summed E-state index contributed by atoms with van der Waals surface area (Å²) in [5, 5.41) is 0.741. The summed E-state index contributed by atoms with van der Waals surface area (Å²) in [6, 6.07) is 12.8. The lowest BCUT2D eigenvalue weighted by Crippen LogP contribution is -2.39. The van der Waals surface area contributed by atoms with Crippen molar-refractivity contribution in [2.45, 2.75) is 57.9 Å². The van der Waals surface area contributed by atoms with Crippen molar-refractivity contribution in [3.05, 3.63) is 52.5 Å². The quantitative estimate of drug-likeness (QED) is 0.599. The molecule has 29 heavy (non-hydrogen) atoms. The van der Waals surface area contributed by atoms with Gasteiger partial charge in [-0.2, -0.15) is 0 Å². The summed E-state index contributed by atoms with van der Waals surface area (Å²) in [6.07, 6.45) is 7.96. The molecule has 2 fully saturated rings. The van der Waals surface area contributed by atoms with Crippen LogP contribution < -0.4 is 4.74 Å². The van der Waals surface area contributed by atoms with Crippen LogP contribution in [0.25, 0.3) is 11.1 Å². The Morgan fingerprint density at radius 1 is 1.03 bits per heavy atom. The Morgan fingerprint density at radius 2 is 1.79 bits per heavy atom. The molecule has 1 saturated carbocycles. The highest BCUT2D eigenvalue weighted by Crippen LogP contribution is 2.35. The number of rotatable bonds is 5. The summed E-state index contributed by atoms with van der Waals surface area (Å²) < 4.78 is 5.30. The molecule has 4 rings (SSSR count). The molecular formula is C25H30ClNO2. The topological polar surface area (TPSA) is 29.5 Å². The summed E-state index contributed by atoms with van der Waals surface area (Å²) >= 11 is 6.66. The second-order valence-corrected chi connectivity index (χ2v) is 8.92. The summed E-state index contributed by atoms with van der Waals surface area (Å²) in [4.78, 5) is 15.1. The Labute approximate surface area is 179 Å². The number of carbonyl (C=O) groups excluding carboxylic acids is 1. The van der Waals surface area contributed by atoms with Gasteiger partial charge in [0, 0.05) is 29.1 Å². The predicted octanol–water partition coefficient (Wildman–Crippen LogP) is 6.05. The lowest BCUT2D eigenvalue weighted by atomic mass is 9.93. The molecule has 0 spiro atoms. The lowest BCUT2D eigenvalue weighted by molar-refractivity contribution is -0.133. The van der Waals surface area contributed by atoms with E-state index >= 15 is 0 Å². The van der Waals surface area contributed by atoms with Crippen molar-refractivity contribution in [3.8, 4) is 16.9 Å². The van der Waals surface area contributed by atoms with Crippen LogP contribution in [0.1, 0.15) is 49.7 Å². The van der Waals surface area contributed by atoms with E-state index in [0.717, 1.165) is 52.4 Å². The van der Waals surface area contributed by atoms with Gasteiger partial charge >= 0.3 is 0 Å². The standard InChI is InChI=1S/C25H30ClNO2/c1-17-14-21(29-2)9-11-22(17)23-10-8-18(16-24(23)26)15-19-12-13-27(25(19)28)20-6-4-3-5-7-20/h8-11,14,16,19-20H,3-7,12-13,15H2,1-2H3. The van der Waals surface area contributed by atoms with E-state index in [0.29, 0.717) is 11.9 Å². The highest BCUT2D eigenvalue weighted by Gasteiger charge is 2.36. The Hall–Kier alpha value is -2.00. The fourth-order valence-corrected chi connectivity index (χ4v) is 5.27. The number of methoxy groups -OCH3 is 1.